The molecule has 0 bridgehead atoms. The van der Waals surface area contributed by atoms with Gasteiger partial charge in [-0.25, -0.2) is 0 Å². The highest BCUT2D eigenvalue weighted by atomic mass is 32.1. The van der Waals surface area contributed by atoms with Gasteiger partial charge in [0.25, 0.3) is 0 Å². The number of nitrogens with zero attached hydrogens (tertiary/aromatic N) is 1. The quantitative estimate of drug-likeness (QED) is 0.493. The van der Waals surface area contributed by atoms with E-state index in [-0.39, 0.29) is 11.9 Å². The Morgan fingerprint density at radius 2 is 2.41 bits per heavy atom. The SMILES string of the molecule is COCCCNC(=O)CN1CCCC1C(N)=S. The molecule has 1 unspecified atom stereocenters. The van der Waals surface area contributed by atoms with Crippen LogP contribution in [0.1, 0.15) is 19.3 Å². The number of hydrogen-bond donors (Lipinski definition) is 2. The Kier molecular flexibility index (Phi) is 6.39. The van der Waals surface area contributed by atoms with Gasteiger partial charge in [0.15, 0.2) is 0 Å². The van der Waals surface area contributed by atoms with Crippen LogP contribution in [0.5, 0.6) is 0 Å². The van der Waals surface area contributed by atoms with Crippen LogP contribution in [0, 0.1) is 0 Å². The topological polar surface area (TPSA) is 67.6 Å². The number of nitrogens with one attached hydrogen (secondary N) is 1. The van der Waals surface area contributed by atoms with Gasteiger partial charge in [-0.05, 0) is 25.8 Å². The molecule has 1 aliphatic rings. The summed E-state index contributed by atoms with van der Waals surface area (Å²) in [7, 11) is 1.65. The first-order chi connectivity index (χ1) is 8.15. The van der Waals surface area contributed by atoms with Crippen LogP contribution < -0.4 is 11.1 Å². The predicted molar refractivity (Wildman–Crippen MR) is 70.9 cm³/mol. The van der Waals surface area contributed by atoms with Crippen LogP contribution >= 0.6 is 12.2 Å². The van der Waals surface area contributed by atoms with Crippen molar-refractivity contribution in [3.63, 3.8) is 0 Å². The van der Waals surface area contributed by atoms with Gasteiger partial charge in [0.2, 0.25) is 5.91 Å². The lowest BCUT2D eigenvalue weighted by Gasteiger charge is -2.22. The predicted octanol–water partition coefficient (Wildman–Crippen LogP) is -0.110. The standard InChI is InChI=1S/C11H21N3O2S/c1-16-7-3-5-13-10(15)8-14-6-2-4-9(14)11(12)17/h9H,2-8H2,1H3,(H2,12,17)(H,13,15). The lowest BCUT2D eigenvalue weighted by Crippen LogP contribution is -2.44. The molecule has 1 fully saturated rings. The number of hydrogen-bond acceptors (Lipinski definition) is 4. The summed E-state index contributed by atoms with van der Waals surface area (Å²) in [6.07, 6.45) is 2.85. The molecule has 0 radical (unpaired) electrons. The molecule has 0 aromatic heterocycles. The Balaban J connectivity index is 2.23. The molecule has 17 heavy (non-hydrogen) atoms. The second kappa shape index (κ2) is 7.58. The molecule has 1 atom stereocenters. The minimum Gasteiger partial charge on any atom is -0.392 e. The van der Waals surface area contributed by atoms with Crippen molar-refractivity contribution >= 4 is 23.1 Å². The summed E-state index contributed by atoms with van der Waals surface area (Å²) in [4.78, 5) is 14.2. The lowest BCUT2D eigenvalue weighted by molar-refractivity contribution is -0.122. The molecule has 3 N–H and O–H groups in total. The molecule has 0 spiro atoms. The van der Waals surface area contributed by atoms with Crippen LogP contribution in [0.15, 0.2) is 0 Å². The summed E-state index contributed by atoms with van der Waals surface area (Å²) in [6.45, 7) is 2.60. The highest BCUT2D eigenvalue weighted by molar-refractivity contribution is 7.80. The summed E-state index contributed by atoms with van der Waals surface area (Å²) >= 11 is 5.00. The van der Waals surface area contributed by atoms with Gasteiger partial charge in [-0.2, -0.15) is 0 Å². The Bertz CT molecular complexity index is 273. The van der Waals surface area contributed by atoms with Crippen molar-refractivity contribution in [2.45, 2.75) is 25.3 Å². The molecule has 98 valence electrons. The molecule has 0 aliphatic carbocycles. The van der Waals surface area contributed by atoms with Crippen LogP contribution in [0.3, 0.4) is 0 Å². The maximum Gasteiger partial charge on any atom is 0.234 e. The number of rotatable bonds is 7. The fourth-order valence-electron chi connectivity index (χ4n) is 2.02. The molecule has 0 saturated carbocycles. The van der Waals surface area contributed by atoms with Gasteiger partial charge in [0.1, 0.15) is 0 Å². The van der Waals surface area contributed by atoms with E-state index >= 15 is 0 Å². The average molecular weight is 259 g/mol. The molecule has 1 saturated heterocycles. The van der Waals surface area contributed by atoms with Crippen LogP contribution in [-0.2, 0) is 9.53 Å². The van der Waals surface area contributed by atoms with Crippen molar-refractivity contribution in [1.82, 2.24) is 10.2 Å². The first-order valence-corrected chi connectivity index (χ1v) is 6.35. The molecule has 0 aromatic rings. The van der Waals surface area contributed by atoms with Crippen molar-refractivity contribution in [2.75, 3.05) is 33.4 Å². The first-order valence-electron chi connectivity index (χ1n) is 5.94. The van der Waals surface area contributed by atoms with E-state index in [4.69, 9.17) is 22.7 Å². The maximum absolute atomic E-state index is 11.7. The molecule has 1 aliphatic heterocycles. The lowest BCUT2D eigenvalue weighted by atomic mass is 10.2. The van der Waals surface area contributed by atoms with Gasteiger partial charge in [-0.1, -0.05) is 12.2 Å². The van der Waals surface area contributed by atoms with Gasteiger partial charge in [0, 0.05) is 20.3 Å². The van der Waals surface area contributed by atoms with Crippen molar-refractivity contribution in [3.8, 4) is 0 Å². The maximum atomic E-state index is 11.7. The highest BCUT2D eigenvalue weighted by Crippen LogP contribution is 2.16. The van der Waals surface area contributed by atoms with Gasteiger partial charge < -0.3 is 15.8 Å². The van der Waals surface area contributed by atoms with Gasteiger partial charge in [-0.3, -0.25) is 9.69 Å². The second-order valence-electron chi connectivity index (χ2n) is 4.23. The smallest absolute Gasteiger partial charge is 0.234 e. The molecule has 6 heteroatoms. The van der Waals surface area contributed by atoms with Crippen molar-refractivity contribution < 1.29 is 9.53 Å². The Morgan fingerprint density at radius 3 is 3.06 bits per heavy atom. The number of methoxy groups -OCH3 is 1. The fraction of sp³-hybridized carbons (Fsp3) is 0.818. The number of ether oxygens (including phenoxy) is 1. The van der Waals surface area contributed by atoms with Crippen molar-refractivity contribution in [3.05, 3.63) is 0 Å². The second-order valence-corrected chi connectivity index (χ2v) is 4.70. The van der Waals surface area contributed by atoms with E-state index in [1.165, 1.54) is 0 Å². The molecular weight excluding hydrogens is 238 g/mol. The molecule has 5 nitrogen and oxygen atoms in total. The van der Waals surface area contributed by atoms with Crippen molar-refractivity contribution in [2.24, 2.45) is 5.73 Å². The minimum absolute atomic E-state index is 0.0317. The fourth-order valence-corrected chi connectivity index (χ4v) is 2.29. The number of nitrogens with two attached hydrogens (primary N) is 1. The zero-order valence-corrected chi connectivity index (χ0v) is 11.1. The third-order valence-corrected chi connectivity index (χ3v) is 3.16. The third-order valence-electron chi connectivity index (χ3n) is 2.89. The summed E-state index contributed by atoms with van der Waals surface area (Å²) in [6, 6.07) is 0.0923. The van der Waals surface area contributed by atoms with Crippen molar-refractivity contribution in [1.29, 1.82) is 0 Å². The summed E-state index contributed by atoms with van der Waals surface area (Å²) < 4.78 is 4.91. The number of amides is 1. The van der Waals surface area contributed by atoms with E-state index in [9.17, 15) is 4.79 Å². The van der Waals surface area contributed by atoms with E-state index in [0.717, 1.165) is 25.8 Å². The zero-order chi connectivity index (χ0) is 12.7. The molecular formula is C11H21N3O2S. The minimum atomic E-state index is 0.0317. The number of thiocarbonyl (C=S) groups is 1. The zero-order valence-electron chi connectivity index (χ0n) is 10.3. The summed E-state index contributed by atoms with van der Waals surface area (Å²) in [5, 5.41) is 2.86. The van der Waals surface area contributed by atoms with E-state index in [2.05, 4.69) is 5.32 Å². The number of likely N-dealkylation sites (tertiary alicyclic amines) is 1. The molecule has 1 rings (SSSR count). The average Bonchev–Trinajstić information content (AvgIpc) is 2.72. The Labute approximate surface area is 108 Å². The van der Waals surface area contributed by atoms with Crippen LogP contribution in [-0.4, -0.2) is 55.2 Å². The molecule has 1 amide bonds. The van der Waals surface area contributed by atoms with Crippen LogP contribution in [0.25, 0.3) is 0 Å². The highest BCUT2D eigenvalue weighted by Gasteiger charge is 2.27. The van der Waals surface area contributed by atoms with Crippen LogP contribution in [0.4, 0.5) is 0 Å². The Morgan fingerprint density at radius 1 is 1.65 bits per heavy atom. The monoisotopic (exact) mass is 259 g/mol. The Hall–Kier alpha value is -0.720. The van der Waals surface area contributed by atoms with E-state index in [1.807, 2.05) is 4.90 Å². The normalized spacial score (nSPS) is 20.4. The third kappa shape index (κ3) is 4.97. The van der Waals surface area contributed by atoms with Crippen LogP contribution in [0.2, 0.25) is 0 Å². The molecule has 0 aromatic carbocycles. The van der Waals surface area contributed by atoms with E-state index in [0.29, 0.717) is 24.7 Å². The van der Waals surface area contributed by atoms with Gasteiger partial charge >= 0.3 is 0 Å². The summed E-state index contributed by atoms with van der Waals surface area (Å²) in [5.74, 6) is 0.0317. The first kappa shape index (κ1) is 14.3. The number of carbonyl (C=O) groups is 1. The number of carbonyl (C=O) groups excluding carboxylic acids is 1. The van der Waals surface area contributed by atoms with E-state index in [1.54, 1.807) is 7.11 Å². The molecule has 1 heterocycles. The summed E-state index contributed by atoms with van der Waals surface area (Å²) in [5.41, 5.74) is 5.65. The van der Waals surface area contributed by atoms with Gasteiger partial charge in [0.05, 0.1) is 17.6 Å². The van der Waals surface area contributed by atoms with E-state index < -0.39 is 0 Å². The largest absolute Gasteiger partial charge is 0.392 e. The van der Waals surface area contributed by atoms with Gasteiger partial charge in [-0.15, -0.1) is 0 Å².